The molecular formula is C42H25NO. The van der Waals surface area contributed by atoms with Gasteiger partial charge in [-0.2, -0.15) is 0 Å². The van der Waals surface area contributed by atoms with Gasteiger partial charge in [0.25, 0.3) is 0 Å². The van der Waals surface area contributed by atoms with Crippen molar-refractivity contribution in [2.45, 2.75) is 0 Å². The summed E-state index contributed by atoms with van der Waals surface area (Å²) in [6.07, 6.45) is 0. The highest BCUT2D eigenvalue weighted by Gasteiger charge is 2.21. The third kappa shape index (κ3) is 3.31. The molecule has 0 spiro atoms. The van der Waals surface area contributed by atoms with Gasteiger partial charge in [0.1, 0.15) is 11.5 Å². The molecule has 0 aliphatic carbocycles. The van der Waals surface area contributed by atoms with E-state index in [9.17, 15) is 0 Å². The Morgan fingerprint density at radius 2 is 1.11 bits per heavy atom. The molecule has 0 saturated carbocycles. The second-order valence-corrected chi connectivity index (χ2v) is 11.8. The van der Waals surface area contributed by atoms with Crippen LogP contribution in [-0.4, -0.2) is 4.57 Å². The predicted molar refractivity (Wildman–Crippen MR) is 184 cm³/mol. The van der Waals surface area contributed by atoms with Crippen LogP contribution < -0.4 is 4.74 Å². The molecule has 0 atom stereocenters. The van der Waals surface area contributed by atoms with Gasteiger partial charge >= 0.3 is 0 Å². The Bertz CT molecular complexity index is 2640. The number of aromatic nitrogens is 1. The van der Waals surface area contributed by atoms with Crippen LogP contribution in [0.4, 0.5) is 0 Å². The van der Waals surface area contributed by atoms with Gasteiger partial charge in [-0.15, -0.1) is 0 Å². The Hall–Kier alpha value is -5.86. The van der Waals surface area contributed by atoms with Crippen LogP contribution in [0.15, 0.2) is 152 Å². The number of nitrogens with zero attached hydrogens (tertiary/aromatic N) is 1. The van der Waals surface area contributed by atoms with Gasteiger partial charge in [0.15, 0.2) is 0 Å². The number of hydrogen-bond donors (Lipinski definition) is 0. The molecule has 2 nitrogen and oxygen atoms in total. The molecule has 44 heavy (non-hydrogen) atoms. The van der Waals surface area contributed by atoms with Crippen LogP contribution >= 0.6 is 0 Å². The zero-order valence-electron chi connectivity index (χ0n) is 23.8. The van der Waals surface area contributed by atoms with E-state index in [1.54, 1.807) is 0 Å². The molecule has 1 aliphatic heterocycles. The zero-order chi connectivity index (χ0) is 28.8. The lowest BCUT2D eigenvalue weighted by atomic mass is 9.92. The maximum Gasteiger partial charge on any atom is 0.135 e. The topological polar surface area (TPSA) is 14.2 Å². The molecular weight excluding hydrogens is 534 g/mol. The fourth-order valence-electron chi connectivity index (χ4n) is 7.31. The first-order chi connectivity index (χ1) is 21.8. The number of ether oxygens (including phenoxy) is 1. The summed E-state index contributed by atoms with van der Waals surface area (Å²) in [6, 6.07) is 54.9. The Labute approximate surface area is 254 Å². The lowest BCUT2D eigenvalue weighted by Gasteiger charge is -2.22. The molecule has 0 N–H and O–H groups in total. The smallest absolute Gasteiger partial charge is 0.135 e. The Morgan fingerprint density at radius 3 is 2.05 bits per heavy atom. The van der Waals surface area contributed by atoms with Gasteiger partial charge in [-0.25, -0.2) is 0 Å². The Balaban J connectivity index is 1.23. The molecule has 9 aromatic rings. The van der Waals surface area contributed by atoms with E-state index in [-0.39, 0.29) is 0 Å². The minimum atomic E-state index is 0.903. The minimum absolute atomic E-state index is 0.903. The maximum atomic E-state index is 6.40. The monoisotopic (exact) mass is 559 g/mol. The molecule has 0 amide bonds. The Kier molecular flexibility index (Phi) is 4.75. The van der Waals surface area contributed by atoms with Crippen molar-refractivity contribution in [1.82, 2.24) is 4.57 Å². The summed E-state index contributed by atoms with van der Waals surface area (Å²) in [4.78, 5) is 0. The third-order valence-electron chi connectivity index (χ3n) is 9.34. The summed E-state index contributed by atoms with van der Waals surface area (Å²) in [5.74, 6) is 1.83. The van der Waals surface area contributed by atoms with E-state index in [4.69, 9.17) is 4.74 Å². The minimum Gasteiger partial charge on any atom is -0.456 e. The molecule has 0 fully saturated rings. The molecule has 1 aromatic heterocycles. The van der Waals surface area contributed by atoms with Crippen LogP contribution in [0, 0.1) is 0 Å². The van der Waals surface area contributed by atoms with Crippen molar-refractivity contribution < 1.29 is 4.74 Å². The summed E-state index contributed by atoms with van der Waals surface area (Å²) in [6.45, 7) is 0. The molecule has 0 bridgehead atoms. The largest absolute Gasteiger partial charge is 0.456 e. The average Bonchev–Trinajstić information content (AvgIpc) is 3.42. The number of hydrogen-bond acceptors (Lipinski definition) is 1. The first-order valence-corrected chi connectivity index (χ1v) is 15.1. The number of fused-ring (bicyclic) bond motifs is 8. The molecule has 0 unspecified atom stereocenters. The first kappa shape index (κ1) is 23.7. The van der Waals surface area contributed by atoms with E-state index in [0.29, 0.717) is 0 Å². The van der Waals surface area contributed by atoms with Gasteiger partial charge in [0, 0.05) is 27.4 Å². The van der Waals surface area contributed by atoms with Gasteiger partial charge in [-0.05, 0) is 92.2 Å². The van der Waals surface area contributed by atoms with E-state index in [2.05, 4.69) is 156 Å². The zero-order valence-corrected chi connectivity index (χ0v) is 23.8. The fraction of sp³-hybridized carbons (Fsp3) is 0. The van der Waals surface area contributed by atoms with Crippen molar-refractivity contribution in [2.24, 2.45) is 0 Å². The van der Waals surface area contributed by atoms with Crippen molar-refractivity contribution in [1.29, 1.82) is 0 Å². The normalized spacial score (nSPS) is 12.3. The first-order valence-electron chi connectivity index (χ1n) is 15.1. The number of benzene rings is 8. The summed E-state index contributed by atoms with van der Waals surface area (Å²) >= 11 is 0. The second-order valence-electron chi connectivity index (χ2n) is 11.8. The summed E-state index contributed by atoms with van der Waals surface area (Å²) in [7, 11) is 0. The lowest BCUT2D eigenvalue weighted by molar-refractivity contribution is 0.487. The summed E-state index contributed by atoms with van der Waals surface area (Å²) in [5.41, 5.74) is 8.32. The fourth-order valence-corrected chi connectivity index (χ4v) is 7.31. The van der Waals surface area contributed by atoms with Crippen LogP contribution in [0.25, 0.3) is 82.1 Å². The standard InChI is InChI=1S/C42H25NO/c1-2-9-29-23-32(19-15-26(29)7-1)43-37-20-17-30(25-36(37)42-33-12-4-3-8-27(33)16-21-38(42)43)31-18-22-39-35(24-31)34-13-5-10-28-11-6-14-40(44-39)41(28)34/h1-25H. The van der Waals surface area contributed by atoms with Crippen molar-refractivity contribution in [3.63, 3.8) is 0 Å². The highest BCUT2D eigenvalue weighted by molar-refractivity contribution is 6.22. The van der Waals surface area contributed by atoms with Crippen LogP contribution in [0.1, 0.15) is 0 Å². The molecule has 1 aliphatic rings. The maximum absolute atomic E-state index is 6.40. The van der Waals surface area contributed by atoms with Crippen LogP contribution in [0.2, 0.25) is 0 Å². The summed E-state index contributed by atoms with van der Waals surface area (Å²) in [5, 5.41) is 9.93. The second kappa shape index (κ2) is 8.82. The third-order valence-corrected chi connectivity index (χ3v) is 9.34. The van der Waals surface area contributed by atoms with Gasteiger partial charge in [0.2, 0.25) is 0 Å². The van der Waals surface area contributed by atoms with Crippen molar-refractivity contribution >= 4 is 54.1 Å². The van der Waals surface area contributed by atoms with E-state index in [1.807, 2.05) is 0 Å². The molecule has 204 valence electrons. The summed E-state index contributed by atoms with van der Waals surface area (Å²) < 4.78 is 8.82. The van der Waals surface area contributed by atoms with Crippen LogP contribution in [0.3, 0.4) is 0 Å². The van der Waals surface area contributed by atoms with Crippen LogP contribution in [0.5, 0.6) is 11.5 Å². The van der Waals surface area contributed by atoms with Crippen molar-refractivity contribution in [2.75, 3.05) is 0 Å². The van der Waals surface area contributed by atoms with E-state index in [0.717, 1.165) is 17.1 Å². The van der Waals surface area contributed by atoms with Crippen molar-refractivity contribution in [3.05, 3.63) is 152 Å². The highest BCUT2D eigenvalue weighted by atomic mass is 16.5. The highest BCUT2D eigenvalue weighted by Crippen LogP contribution is 2.48. The molecule has 8 aromatic carbocycles. The molecule has 10 rings (SSSR count). The van der Waals surface area contributed by atoms with Gasteiger partial charge in [-0.1, -0.05) is 103 Å². The van der Waals surface area contributed by atoms with Gasteiger partial charge in [0.05, 0.1) is 11.0 Å². The Morgan fingerprint density at radius 1 is 0.386 bits per heavy atom. The van der Waals surface area contributed by atoms with Gasteiger partial charge < -0.3 is 9.30 Å². The molecule has 0 radical (unpaired) electrons. The SMILES string of the molecule is c1ccc2cc(-n3c4ccc(-c5ccc6c(c5)-c5cccc7cccc(c57)O6)cc4c4c5ccccc5ccc43)ccc2c1. The van der Waals surface area contributed by atoms with Gasteiger partial charge in [-0.3, -0.25) is 0 Å². The molecule has 0 saturated heterocycles. The lowest BCUT2D eigenvalue weighted by Crippen LogP contribution is -1.97. The van der Waals surface area contributed by atoms with Crippen molar-refractivity contribution in [3.8, 4) is 39.4 Å². The quantitative estimate of drug-likeness (QED) is 0.205. The predicted octanol–water partition coefficient (Wildman–Crippen LogP) is 11.7. The van der Waals surface area contributed by atoms with E-state index < -0.39 is 0 Å². The average molecular weight is 560 g/mol. The van der Waals surface area contributed by atoms with E-state index >= 15 is 0 Å². The van der Waals surface area contributed by atoms with E-state index in [1.165, 1.54) is 76.5 Å². The number of rotatable bonds is 2. The molecule has 2 heterocycles. The molecule has 2 heteroatoms. The van der Waals surface area contributed by atoms with Crippen LogP contribution in [-0.2, 0) is 0 Å².